The van der Waals surface area contributed by atoms with Gasteiger partial charge in [-0.1, -0.05) is 50.1 Å². The van der Waals surface area contributed by atoms with Crippen LogP contribution in [0.4, 0.5) is 0 Å². The first-order valence-corrected chi connectivity index (χ1v) is 10.4. The molecular weight excluding hydrogens is 236 g/mol. The van der Waals surface area contributed by atoms with Crippen molar-refractivity contribution in [1.29, 1.82) is 0 Å². The molecule has 2 heteroatoms. The average molecular weight is 262 g/mol. The summed E-state index contributed by atoms with van der Waals surface area (Å²) in [5.41, 5.74) is 1.21. The summed E-state index contributed by atoms with van der Waals surface area (Å²) < 4.78 is 6.20. The van der Waals surface area contributed by atoms with Crippen LogP contribution in [0.25, 0.3) is 5.76 Å². The van der Waals surface area contributed by atoms with Crippen molar-refractivity contribution in [2.75, 3.05) is 0 Å². The maximum absolute atomic E-state index is 6.20. The third-order valence-corrected chi connectivity index (χ3v) is 3.44. The zero-order valence-electron chi connectivity index (χ0n) is 12.2. The van der Waals surface area contributed by atoms with Gasteiger partial charge in [-0.25, -0.2) is 0 Å². The third kappa shape index (κ3) is 6.06. The summed E-state index contributed by atoms with van der Waals surface area (Å²) >= 11 is 0. The van der Waals surface area contributed by atoms with Crippen LogP contribution < -0.4 is 0 Å². The van der Waals surface area contributed by atoms with Gasteiger partial charge < -0.3 is 4.43 Å². The van der Waals surface area contributed by atoms with Crippen LogP contribution >= 0.6 is 0 Å². The second kappa shape index (κ2) is 7.42. The van der Waals surface area contributed by atoms with E-state index >= 15 is 0 Å². The lowest BCUT2D eigenvalue weighted by Crippen LogP contribution is -2.24. The normalized spacial score (nSPS) is 12.6. The third-order valence-electron chi connectivity index (χ3n) is 2.61. The van der Waals surface area contributed by atoms with Crippen molar-refractivity contribution >= 4 is 14.1 Å². The highest BCUT2D eigenvalue weighted by atomic mass is 28.4. The van der Waals surface area contributed by atoms with Gasteiger partial charge in [-0.05, 0) is 38.6 Å². The van der Waals surface area contributed by atoms with E-state index in [4.69, 9.17) is 4.43 Å². The molecule has 0 saturated heterocycles. The molecule has 0 aliphatic heterocycles. The fourth-order valence-electron chi connectivity index (χ4n) is 1.78. The van der Waals surface area contributed by atoms with E-state index in [0.717, 1.165) is 12.2 Å². The molecule has 0 aromatic heterocycles. The van der Waals surface area contributed by atoms with Gasteiger partial charge in [0.15, 0.2) is 0 Å². The first kappa shape index (κ1) is 15.0. The molecule has 0 saturated carbocycles. The highest BCUT2D eigenvalue weighted by Crippen LogP contribution is 2.22. The molecule has 0 heterocycles. The lowest BCUT2D eigenvalue weighted by atomic mass is 10.1. The molecule has 1 aromatic carbocycles. The van der Waals surface area contributed by atoms with Gasteiger partial charge >= 0.3 is 0 Å². The van der Waals surface area contributed by atoms with Crippen molar-refractivity contribution in [3.8, 4) is 0 Å². The molecule has 0 amide bonds. The maximum Gasteiger partial charge on any atom is 0.242 e. The van der Waals surface area contributed by atoms with Crippen LogP contribution in [0.15, 0.2) is 36.4 Å². The molecule has 0 aliphatic rings. The highest BCUT2D eigenvalue weighted by molar-refractivity contribution is 6.70. The van der Waals surface area contributed by atoms with E-state index in [1.807, 2.05) is 6.07 Å². The predicted molar refractivity (Wildman–Crippen MR) is 83.0 cm³/mol. The summed E-state index contributed by atoms with van der Waals surface area (Å²) in [5.74, 6) is 1.07. The first-order chi connectivity index (χ1) is 8.53. The van der Waals surface area contributed by atoms with Crippen LogP contribution in [-0.4, -0.2) is 8.32 Å². The Morgan fingerprint density at radius 2 is 1.78 bits per heavy atom. The van der Waals surface area contributed by atoms with Gasteiger partial charge in [0.2, 0.25) is 8.32 Å². The summed E-state index contributed by atoms with van der Waals surface area (Å²) in [4.78, 5) is 0. The second-order valence-corrected chi connectivity index (χ2v) is 10.1. The maximum atomic E-state index is 6.20. The van der Waals surface area contributed by atoms with Crippen molar-refractivity contribution < 1.29 is 4.43 Å². The molecule has 0 bridgehead atoms. The number of rotatable bonds is 7. The van der Waals surface area contributed by atoms with Crippen LogP contribution in [0.2, 0.25) is 19.6 Å². The van der Waals surface area contributed by atoms with E-state index < -0.39 is 8.32 Å². The molecule has 0 atom stereocenters. The minimum atomic E-state index is -1.54. The Hall–Kier alpha value is -1.02. The average Bonchev–Trinajstić information content (AvgIpc) is 2.33. The van der Waals surface area contributed by atoms with Crippen molar-refractivity contribution in [3.05, 3.63) is 42.0 Å². The lowest BCUT2D eigenvalue weighted by molar-refractivity contribution is 0.511. The number of hydrogen-bond donors (Lipinski definition) is 0. The number of hydrogen-bond acceptors (Lipinski definition) is 1. The second-order valence-electron chi connectivity index (χ2n) is 5.64. The van der Waals surface area contributed by atoms with Crippen molar-refractivity contribution in [3.63, 3.8) is 0 Å². The summed E-state index contributed by atoms with van der Waals surface area (Å²) in [6.45, 7) is 8.93. The van der Waals surface area contributed by atoms with E-state index in [-0.39, 0.29) is 0 Å². The topological polar surface area (TPSA) is 9.23 Å². The molecule has 0 aliphatic carbocycles. The Bertz CT molecular complexity index is 362. The van der Waals surface area contributed by atoms with Crippen molar-refractivity contribution in [2.24, 2.45) is 0 Å². The first-order valence-electron chi connectivity index (χ1n) is 6.97. The van der Waals surface area contributed by atoms with Gasteiger partial charge in [0.1, 0.15) is 5.76 Å². The molecule has 1 aromatic rings. The van der Waals surface area contributed by atoms with E-state index in [1.165, 1.54) is 24.8 Å². The molecule has 100 valence electrons. The van der Waals surface area contributed by atoms with E-state index in [9.17, 15) is 0 Å². The van der Waals surface area contributed by atoms with Crippen LogP contribution in [0.1, 0.15) is 38.2 Å². The smallest absolute Gasteiger partial charge is 0.242 e. The highest BCUT2D eigenvalue weighted by Gasteiger charge is 2.18. The fourth-order valence-corrected chi connectivity index (χ4v) is 2.64. The molecule has 1 nitrogen and oxygen atoms in total. The van der Waals surface area contributed by atoms with Crippen LogP contribution in [0.3, 0.4) is 0 Å². The largest absolute Gasteiger partial charge is 0.544 e. The van der Waals surface area contributed by atoms with Gasteiger partial charge in [-0.15, -0.1) is 0 Å². The van der Waals surface area contributed by atoms with Gasteiger partial charge in [0, 0.05) is 5.56 Å². The van der Waals surface area contributed by atoms with Crippen molar-refractivity contribution in [2.45, 2.75) is 52.2 Å². The van der Waals surface area contributed by atoms with Gasteiger partial charge in [-0.2, -0.15) is 0 Å². The van der Waals surface area contributed by atoms with Crippen LogP contribution in [0.5, 0.6) is 0 Å². The van der Waals surface area contributed by atoms with Gasteiger partial charge in [0.25, 0.3) is 0 Å². The number of benzene rings is 1. The summed E-state index contributed by atoms with van der Waals surface area (Å²) in [5, 5.41) is 0. The minimum absolute atomic E-state index is 1.07. The predicted octanol–water partition coefficient (Wildman–Crippen LogP) is 5.46. The molecule has 18 heavy (non-hydrogen) atoms. The lowest BCUT2D eigenvalue weighted by Gasteiger charge is -2.22. The Kier molecular flexibility index (Phi) is 6.20. The van der Waals surface area contributed by atoms with Crippen molar-refractivity contribution in [1.82, 2.24) is 0 Å². The Morgan fingerprint density at radius 1 is 1.11 bits per heavy atom. The molecular formula is C16H26OSi. The van der Waals surface area contributed by atoms with E-state index in [2.05, 4.69) is 56.9 Å². The van der Waals surface area contributed by atoms with Crippen LogP contribution in [-0.2, 0) is 4.43 Å². The van der Waals surface area contributed by atoms with Gasteiger partial charge in [-0.3, -0.25) is 0 Å². The summed E-state index contributed by atoms with van der Waals surface area (Å²) in [6, 6.07) is 10.5. The molecule has 0 radical (unpaired) electrons. The quantitative estimate of drug-likeness (QED) is 0.360. The Labute approximate surface area is 113 Å². The fraction of sp³-hybridized carbons (Fsp3) is 0.500. The zero-order chi connectivity index (χ0) is 13.4. The standard InChI is InChI=1S/C16H26OSi/c1-5-6-7-11-14-16(17-18(2,3)4)15-12-9-8-10-13-15/h8-10,12-14H,5-7,11H2,1-4H3/b16-14+. The molecule has 1 rings (SSSR count). The van der Waals surface area contributed by atoms with E-state index in [0.29, 0.717) is 0 Å². The molecule has 0 spiro atoms. The zero-order valence-corrected chi connectivity index (χ0v) is 13.2. The molecule has 0 N–H and O–H groups in total. The monoisotopic (exact) mass is 262 g/mol. The molecule has 0 fully saturated rings. The summed E-state index contributed by atoms with van der Waals surface area (Å²) in [7, 11) is -1.54. The van der Waals surface area contributed by atoms with E-state index in [1.54, 1.807) is 0 Å². The Balaban J connectivity index is 2.76. The van der Waals surface area contributed by atoms with Crippen LogP contribution in [0, 0.1) is 0 Å². The minimum Gasteiger partial charge on any atom is -0.544 e. The Morgan fingerprint density at radius 3 is 2.33 bits per heavy atom. The summed E-state index contributed by atoms with van der Waals surface area (Å²) in [6.07, 6.45) is 7.20. The van der Waals surface area contributed by atoms with Gasteiger partial charge in [0.05, 0.1) is 0 Å². The number of allylic oxidation sites excluding steroid dienone is 1. The SMILES string of the molecule is CCCCC/C=C(/O[Si](C)(C)C)c1ccccc1. The molecule has 0 unspecified atom stereocenters. The number of unbranched alkanes of at least 4 members (excludes halogenated alkanes) is 3.